The van der Waals surface area contributed by atoms with Crippen molar-refractivity contribution in [2.45, 2.75) is 110 Å². The molecule has 0 radical (unpaired) electrons. The second-order valence-electron chi connectivity index (χ2n) is 11.8. The lowest BCUT2D eigenvalue weighted by molar-refractivity contribution is 0.0283. The minimum absolute atomic E-state index is 0.149. The van der Waals surface area contributed by atoms with Gasteiger partial charge in [0, 0.05) is 5.92 Å². The average Bonchev–Trinajstić information content (AvgIpc) is 3.04. The third-order valence-corrected chi connectivity index (χ3v) is 8.97. The van der Waals surface area contributed by atoms with Gasteiger partial charge >= 0.3 is 0 Å². The molecule has 0 bridgehead atoms. The van der Waals surface area contributed by atoms with Gasteiger partial charge in [-0.2, -0.15) is 0 Å². The van der Waals surface area contributed by atoms with E-state index in [-0.39, 0.29) is 5.92 Å². The van der Waals surface area contributed by atoms with Crippen LogP contribution in [0.5, 0.6) is 0 Å². The Bertz CT molecular complexity index is 712. The van der Waals surface area contributed by atoms with Crippen molar-refractivity contribution in [3.63, 3.8) is 0 Å². The van der Waals surface area contributed by atoms with E-state index in [1.54, 1.807) is 5.57 Å². The van der Waals surface area contributed by atoms with Crippen molar-refractivity contribution >= 4 is 0 Å². The van der Waals surface area contributed by atoms with Gasteiger partial charge in [0.15, 0.2) is 0 Å². The van der Waals surface area contributed by atoms with Gasteiger partial charge in [-0.05, 0) is 93.1 Å². The Morgan fingerprint density at radius 2 is 1.94 bits per heavy atom. The van der Waals surface area contributed by atoms with Crippen LogP contribution in [0.15, 0.2) is 35.5 Å². The summed E-state index contributed by atoms with van der Waals surface area (Å²) >= 11 is 0. The molecular formula is C28H46O3. The molecule has 3 fully saturated rings. The molecule has 31 heavy (non-hydrogen) atoms. The standard InChI is InChI=1S/C28H46O3/c1-18(9-7-15-27(4,5)31)23-13-14-24-21(10-8-16-28(23,24)6)11-12-22-17-25(29)20(3)26(30)19(22)2/h11-12,18,20,23-26,29-31H,2,7-10,13-17H2,1,3-6H3/t18-,20+,23-,24?,25-,26-,28-/m1/s1. The first kappa shape index (κ1) is 24.7. The highest BCUT2D eigenvalue weighted by Crippen LogP contribution is 2.60. The highest BCUT2D eigenvalue weighted by molar-refractivity contribution is 5.39. The third-order valence-electron chi connectivity index (χ3n) is 8.97. The van der Waals surface area contributed by atoms with Crippen molar-refractivity contribution in [2.24, 2.45) is 29.1 Å². The Labute approximate surface area is 190 Å². The molecule has 3 N–H and O–H groups in total. The lowest BCUT2D eigenvalue weighted by atomic mass is 9.60. The van der Waals surface area contributed by atoms with Crippen molar-refractivity contribution in [2.75, 3.05) is 0 Å². The Kier molecular flexibility index (Phi) is 7.61. The molecule has 0 spiro atoms. The molecule has 176 valence electrons. The van der Waals surface area contributed by atoms with Crippen LogP contribution in [0.4, 0.5) is 0 Å². The fourth-order valence-corrected chi connectivity index (χ4v) is 6.91. The number of hydrogen-bond acceptors (Lipinski definition) is 3. The molecule has 3 aliphatic rings. The van der Waals surface area contributed by atoms with Crippen LogP contribution in [0, 0.1) is 29.1 Å². The summed E-state index contributed by atoms with van der Waals surface area (Å²) in [5.41, 5.74) is 3.15. The molecule has 0 saturated heterocycles. The quantitative estimate of drug-likeness (QED) is 0.488. The zero-order chi connectivity index (χ0) is 23.0. The predicted molar refractivity (Wildman–Crippen MR) is 129 cm³/mol. The van der Waals surface area contributed by atoms with Gasteiger partial charge in [0.2, 0.25) is 0 Å². The molecule has 3 aliphatic carbocycles. The van der Waals surface area contributed by atoms with Crippen molar-refractivity contribution < 1.29 is 15.3 Å². The zero-order valence-corrected chi connectivity index (χ0v) is 20.5. The maximum atomic E-state index is 10.4. The molecule has 3 saturated carbocycles. The van der Waals surface area contributed by atoms with Gasteiger partial charge < -0.3 is 15.3 Å². The van der Waals surface area contributed by atoms with Gasteiger partial charge in [0.05, 0.1) is 17.8 Å². The maximum absolute atomic E-state index is 10.4. The second-order valence-corrected chi connectivity index (χ2v) is 11.8. The first-order valence-electron chi connectivity index (χ1n) is 12.6. The van der Waals surface area contributed by atoms with Gasteiger partial charge in [-0.1, -0.05) is 57.9 Å². The van der Waals surface area contributed by atoms with E-state index in [0.717, 1.165) is 36.3 Å². The van der Waals surface area contributed by atoms with E-state index in [4.69, 9.17) is 0 Å². The minimum atomic E-state index is -0.648. The van der Waals surface area contributed by atoms with Crippen LogP contribution in [0.1, 0.15) is 92.4 Å². The predicted octanol–water partition coefficient (Wildman–Crippen LogP) is 5.95. The van der Waals surface area contributed by atoms with E-state index in [2.05, 4.69) is 32.6 Å². The Balaban J connectivity index is 1.71. The fraction of sp³-hybridized carbons (Fsp3) is 0.786. The Hall–Kier alpha value is -0.900. The number of hydrogen-bond donors (Lipinski definition) is 3. The average molecular weight is 431 g/mol. The lowest BCUT2D eigenvalue weighted by Crippen LogP contribution is -2.36. The molecule has 7 atom stereocenters. The highest BCUT2D eigenvalue weighted by Gasteiger charge is 2.50. The zero-order valence-electron chi connectivity index (χ0n) is 20.5. The summed E-state index contributed by atoms with van der Waals surface area (Å²) in [6.45, 7) is 14.8. The van der Waals surface area contributed by atoms with Crippen LogP contribution >= 0.6 is 0 Å². The molecular weight excluding hydrogens is 384 g/mol. The van der Waals surface area contributed by atoms with E-state index in [9.17, 15) is 15.3 Å². The maximum Gasteiger partial charge on any atom is 0.0837 e. The van der Waals surface area contributed by atoms with Crippen molar-refractivity contribution in [1.29, 1.82) is 0 Å². The molecule has 0 aromatic heterocycles. The van der Waals surface area contributed by atoms with Crippen LogP contribution in [0.2, 0.25) is 0 Å². The monoisotopic (exact) mass is 430 g/mol. The van der Waals surface area contributed by atoms with Gasteiger partial charge in [0.25, 0.3) is 0 Å². The van der Waals surface area contributed by atoms with E-state index in [1.807, 2.05) is 20.8 Å². The van der Waals surface area contributed by atoms with Crippen LogP contribution in [0.25, 0.3) is 0 Å². The van der Waals surface area contributed by atoms with Crippen LogP contribution in [-0.4, -0.2) is 33.1 Å². The number of rotatable bonds is 6. The van der Waals surface area contributed by atoms with E-state index < -0.39 is 17.8 Å². The summed E-state index contributed by atoms with van der Waals surface area (Å²) in [5.74, 6) is 1.94. The van der Waals surface area contributed by atoms with Crippen LogP contribution in [-0.2, 0) is 0 Å². The molecule has 0 aliphatic heterocycles. The molecule has 1 unspecified atom stereocenters. The van der Waals surface area contributed by atoms with Crippen LogP contribution < -0.4 is 0 Å². The number of aliphatic hydroxyl groups is 3. The van der Waals surface area contributed by atoms with E-state index >= 15 is 0 Å². The number of aliphatic hydroxyl groups excluding tert-OH is 2. The van der Waals surface area contributed by atoms with Crippen molar-refractivity contribution in [3.05, 3.63) is 35.5 Å². The molecule has 3 rings (SSSR count). The molecule has 0 amide bonds. The first-order chi connectivity index (χ1) is 14.4. The van der Waals surface area contributed by atoms with Crippen molar-refractivity contribution in [3.8, 4) is 0 Å². The van der Waals surface area contributed by atoms with Gasteiger partial charge in [-0.3, -0.25) is 0 Å². The van der Waals surface area contributed by atoms with E-state index in [0.29, 0.717) is 23.7 Å². The summed E-state index contributed by atoms with van der Waals surface area (Å²) in [6.07, 6.45) is 13.4. The normalized spacial score (nSPS) is 40.4. The SMILES string of the molecule is C=C1C(=CC=C2CCC[C@@]3(C)C2CC[C@@H]3[C@H](C)CCCC(C)(C)O)C[C@@H](O)[C@H](C)[C@@H]1O. The highest BCUT2D eigenvalue weighted by atomic mass is 16.3. The van der Waals surface area contributed by atoms with Gasteiger partial charge in [-0.15, -0.1) is 0 Å². The fourth-order valence-electron chi connectivity index (χ4n) is 6.91. The molecule has 3 heteroatoms. The molecule has 0 aromatic rings. The summed E-state index contributed by atoms with van der Waals surface area (Å²) in [6, 6.07) is 0. The largest absolute Gasteiger partial charge is 0.392 e. The topological polar surface area (TPSA) is 60.7 Å². The minimum Gasteiger partial charge on any atom is -0.392 e. The Morgan fingerprint density at radius 1 is 1.23 bits per heavy atom. The summed E-state index contributed by atoms with van der Waals surface area (Å²) in [5, 5.41) is 30.7. The first-order valence-corrected chi connectivity index (χ1v) is 12.6. The molecule has 0 aromatic carbocycles. The number of fused-ring (bicyclic) bond motifs is 1. The summed E-state index contributed by atoms with van der Waals surface area (Å²) in [4.78, 5) is 0. The van der Waals surface area contributed by atoms with Gasteiger partial charge in [0.1, 0.15) is 0 Å². The van der Waals surface area contributed by atoms with Crippen molar-refractivity contribution in [1.82, 2.24) is 0 Å². The second kappa shape index (κ2) is 9.53. The van der Waals surface area contributed by atoms with Gasteiger partial charge in [-0.25, -0.2) is 0 Å². The van der Waals surface area contributed by atoms with Crippen LogP contribution in [0.3, 0.4) is 0 Å². The lowest BCUT2D eigenvalue weighted by Gasteiger charge is -2.44. The Morgan fingerprint density at radius 3 is 2.61 bits per heavy atom. The summed E-state index contributed by atoms with van der Waals surface area (Å²) in [7, 11) is 0. The van der Waals surface area contributed by atoms with E-state index in [1.165, 1.54) is 32.1 Å². The third kappa shape index (κ3) is 5.37. The number of allylic oxidation sites excluding steroid dienone is 3. The smallest absolute Gasteiger partial charge is 0.0837 e. The molecule has 0 heterocycles. The molecule has 3 nitrogen and oxygen atoms in total. The summed E-state index contributed by atoms with van der Waals surface area (Å²) < 4.78 is 0.